The molecule has 0 saturated heterocycles. The van der Waals surface area contributed by atoms with Gasteiger partial charge in [0.05, 0.1) is 0 Å². The number of anilines is 2. The van der Waals surface area contributed by atoms with Crippen LogP contribution in [-0.2, 0) is 6.54 Å². The highest BCUT2D eigenvalue weighted by atomic mass is 32.1. The minimum atomic E-state index is 0.515. The van der Waals surface area contributed by atoms with Crippen molar-refractivity contribution in [1.29, 1.82) is 0 Å². The van der Waals surface area contributed by atoms with Crippen LogP contribution in [0.5, 0.6) is 0 Å². The van der Waals surface area contributed by atoms with Gasteiger partial charge in [0, 0.05) is 30.2 Å². The smallest absolute Gasteiger partial charge is 0.192 e. The zero-order chi connectivity index (χ0) is 12.5. The lowest BCUT2D eigenvalue weighted by atomic mass is 10.3. The summed E-state index contributed by atoms with van der Waals surface area (Å²) in [5.74, 6) is 0.668. The standard InChI is InChI=1S/C12H12N4OS/c1-7-15-10-4-8(2-3-11(10)17-7)16-12-14-6-9(5-13)18-12/h2-4,6H,5,13H2,1H3,(H,14,16). The number of benzene rings is 1. The third kappa shape index (κ3) is 2.07. The van der Waals surface area contributed by atoms with Gasteiger partial charge < -0.3 is 15.5 Å². The van der Waals surface area contributed by atoms with E-state index in [1.165, 1.54) is 0 Å². The molecular weight excluding hydrogens is 248 g/mol. The SMILES string of the molecule is Cc1nc2cc(Nc3ncc(CN)s3)ccc2o1. The van der Waals surface area contributed by atoms with Crippen LogP contribution in [-0.4, -0.2) is 9.97 Å². The maximum Gasteiger partial charge on any atom is 0.192 e. The Kier molecular flexibility index (Phi) is 2.73. The van der Waals surface area contributed by atoms with Crippen LogP contribution in [0.25, 0.3) is 11.1 Å². The van der Waals surface area contributed by atoms with Crippen molar-refractivity contribution in [3.63, 3.8) is 0 Å². The van der Waals surface area contributed by atoms with Gasteiger partial charge in [-0.05, 0) is 18.2 Å². The van der Waals surface area contributed by atoms with Crippen molar-refractivity contribution in [2.24, 2.45) is 5.73 Å². The second-order valence-corrected chi connectivity index (χ2v) is 4.99. The molecule has 0 saturated carbocycles. The minimum Gasteiger partial charge on any atom is -0.441 e. The second-order valence-electron chi connectivity index (χ2n) is 3.88. The van der Waals surface area contributed by atoms with Crippen LogP contribution >= 0.6 is 11.3 Å². The van der Waals surface area contributed by atoms with Gasteiger partial charge in [-0.25, -0.2) is 9.97 Å². The van der Waals surface area contributed by atoms with E-state index in [1.807, 2.05) is 25.1 Å². The van der Waals surface area contributed by atoms with E-state index in [0.717, 1.165) is 26.8 Å². The molecule has 3 N–H and O–H groups in total. The number of hydrogen-bond acceptors (Lipinski definition) is 6. The van der Waals surface area contributed by atoms with Crippen molar-refractivity contribution in [3.8, 4) is 0 Å². The summed E-state index contributed by atoms with van der Waals surface area (Å²) in [6, 6.07) is 5.78. The van der Waals surface area contributed by atoms with E-state index in [0.29, 0.717) is 12.4 Å². The van der Waals surface area contributed by atoms with Crippen molar-refractivity contribution in [2.45, 2.75) is 13.5 Å². The Labute approximate surface area is 108 Å². The summed E-state index contributed by atoms with van der Waals surface area (Å²) in [6.07, 6.45) is 1.78. The molecule has 2 aromatic heterocycles. The third-order valence-corrected chi connectivity index (χ3v) is 3.44. The average Bonchev–Trinajstić information content (AvgIpc) is 2.94. The van der Waals surface area contributed by atoms with Gasteiger partial charge in [0.25, 0.3) is 0 Å². The monoisotopic (exact) mass is 260 g/mol. The van der Waals surface area contributed by atoms with E-state index in [2.05, 4.69) is 15.3 Å². The zero-order valence-electron chi connectivity index (χ0n) is 9.80. The Morgan fingerprint density at radius 2 is 2.33 bits per heavy atom. The van der Waals surface area contributed by atoms with Gasteiger partial charge in [-0.2, -0.15) is 0 Å². The molecule has 0 amide bonds. The topological polar surface area (TPSA) is 77.0 Å². The van der Waals surface area contributed by atoms with Crippen LogP contribution in [0, 0.1) is 6.92 Å². The maximum absolute atomic E-state index is 5.55. The predicted molar refractivity (Wildman–Crippen MR) is 72.0 cm³/mol. The first kappa shape index (κ1) is 11.2. The molecule has 0 aliphatic rings. The lowest BCUT2D eigenvalue weighted by Gasteiger charge is -2.00. The minimum absolute atomic E-state index is 0.515. The lowest BCUT2D eigenvalue weighted by molar-refractivity contribution is 0.561. The van der Waals surface area contributed by atoms with E-state index in [4.69, 9.17) is 10.2 Å². The predicted octanol–water partition coefficient (Wildman–Crippen LogP) is 2.80. The molecule has 0 aliphatic heterocycles. The Morgan fingerprint density at radius 3 is 3.11 bits per heavy atom. The summed E-state index contributed by atoms with van der Waals surface area (Å²) < 4.78 is 5.43. The van der Waals surface area contributed by atoms with E-state index in [-0.39, 0.29) is 0 Å². The maximum atomic E-state index is 5.55. The van der Waals surface area contributed by atoms with E-state index in [9.17, 15) is 0 Å². The number of aromatic nitrogens is 2. The molecule has 0 fully saturated rings. The Morgan fingerprint density at radius 1 is 1.44 bits per heavy atom. The first-order chi connectivity index (χ1) is 8.74. The Bertz CT molecular complexity index is 688. The van der Waals surface area contributed by atoms with E-state index < -0.39 is 0 Å². The highest BCUT2D eigenvalue weighted by Crippen LogP contribution is 2.25. The zero-order valence-corrected chi connectivity index (χ0v) is 10.6. The molecule has 6 heteroatoms. The highest BCUT2D eigenvalue weighted by Gasteiger charge is 2.05. The summed E-state index contributed by atoms with van der Waals surface area (Å²) >= 11 is 1.55. The van der Waals surface area contributed by atoms with E-state index in [1.54, 1.807) is 17.5 Å². The third-order valence-electron chi connectivity index (χ3n) is 2.50. The number of rotatable bonds is 3. The second kappa shape index (κ2) is 4.40. The number of hydrogen-bond donors (Lipinski definition) is 2. The molecule has 0 spiro atoms. The van der Waals surface area contributed by atoms with Gasteiger partial charge in [-0.15, -0.1) is 11.3 Å². The van der Waals surface area contributed by atoms with Crippen LogP contribution in [0.15, 0.2) is 28.8 Å². The fourth-order valence-corrected chi connectivity index (χ4v) is 2.41. The van der Waals surface area contributed by atoms with Crippen LogP contribution in [0.1, 0.15) is 10.8 Å². The molecule has 2 heterocycles. The van der Waals surface area contributed by atoms with Crippen molar-refractivity contribution in [3.05, 3.63) is 35.2 Å². The number of nitrogens with one attached hydrogen (secondary N) is 1. The summed E-state index contributed by atoms with van der Waals surface area (Å²) in [7, 11) is 0. The molecule has 0 bridgehead atoms. The summed E-state index contributed by atoms with van der Waals surface area (Å²) in [5, 5.41) is 4.06. The van der Waals surface area contributed by atoms with Crippen LogP contribution in [0.4, 0.5) is 10.8 Å². The number of aryl methyl sites for hydroxylation is 1. The van der Waals surface area contributed by atoms with Crippen LogP contribution < -0.4 is 11.1 Å². The van der Waals surface area contributed by atoms with Gasteiger partial charge in [0.15, 0.2) is 16.6 Å². The largest absolute Gasteiger partial charge is 0.441 e. The van der Waals surface area contributed by atoms with Gasteiger partial charge in [-0.3, -0.25) is 0 Å². The van der Waals surface area contributed by atoms with Crippen molar-refractivity contribution < 1.29 is 4.42 Å². The lowest BCUT2D eigenvalue weighted by Crippen LogP contribution is -1.91. The molecule has 3 aromatic rings. The van der Waals surface area contributed by atoms with Gasteiger partial charge >= 0.3 is 0 Å². The number of oxazole rings is 1. The quantitative estimate of drug-likeness (QED) is 0.757. The number of thiazole rings is 1. The first-order valence-corrected chi connectivity index (χ1v) is 6.35. The number of nitrogens with two attached hydrogens (primary N) is 1. The first-order valence-electron chi connectivity index (χ1n) is 5.53. The van der Waals surface area contributed by atoms with Crippen molar-refractivity contribution in [1.82, 2.24) is 9.97 Å². The van der Waals surface area contributed by atoms with Crippen LogP contribution in [0.3, 0.4) is 0 Å². The molecule has 0 atom stereocenters. The number of nitrogens with zero attached hydrogens (tertiary/aromatic N) is 2. The van der Waals surface area contributed by atoms with Crippen molar-refractivity contribution in [2.75, 3.05) is 5.32 Å². The molecule has 18 heavy (non-hydrogen) atoms. The average molecular weight is 260 g/mol. The fraction of sp³-hybridized carbons (Fsp3) is 0.167. The Hall–Kier alpha value is -1.92. The molecule has 5 nitrogen and oxygen atoms in total. The molecule has 0 aliphatic carbocycles. The summed E-state index contributed by atoms with van der Waals surface area (Å²) in [6.45, 7) is 2.35. The van der Waals surface area contributed by atoms with Gasteiger partial charge in [0.2, 0.25) is 0 Å². The molecule has 3 rings (SSSR count). The Balaban J connectivity index is 1.89. The summed E-state index contributed by atoms with van der Waals surface area (Å²) in [4.78, 5) is 9.60. The summed E-state index contributed by atoms with van der Waals surface area (Å²) in [5.41, 5.74) is 8.12. The van der Waals surface area contributed by atoms with Gasteiger partial charge in [-0.1, -0.05) is 0 Å². The molecule has 92 valence electrons. The van der Waals surface area contributed by atoms with Crippen LogP contribution in [0.2, 0.25) is 0 Å². The molecule has 0 radical (unpaired) electrons. The fourth-order valence-electron chi connectivity index (χ4n) is 1.70. The highest BCUT2D eigenvalue weighted by molar-refractivity contribution is 7.15. The number of fused-ring (bicyclic) bond motifs is 1. The van der Waals surface area contributed by atoms with E-state index >= 15 is 0 Å². The van der Waals surface area contributed by atoms with Gasteiger partial charge in [0.1, 0.15) is 5.52 Å². The molecule has 1 aromatic carbocycles. The van der Waals surface area contributed by atoms with Crippen molar-refractivity contribution >= 4 is 33.3 Å². The normalized spacial score (nSPS) is 11.0. The molecular formula is C12H12N4OS. The molecule has 0 unspecified atom stereocenters.